The topological polar surface area (TPSA) is 80.3 Å². The molecule has 0 aliphatic carbocycles. The minimum absolute atomic E-state index is 0. The molecule has 96 valence electrons. The van der Waals surface area contributed by atoms with E-state index < -0.39 is 11.9 Å². The Bertz CT molecular complexity index is 385. The molecular weight excluding hydrogens is 278 g/mol. The summed E-state index contributed by atoms with van der Waals surface area (Å²) in [5.74, 6) is -2.46. The van der Waals surface area contributed by atoms with Gasteiger partial charge in [-0.15, -0.1) is 0 Å². The van der Waals surface area contributed by atoms with Gasteiger partial charge in [-0.2, -0.15) is 0 Å². The summed E-state index contributed by atoms with van der Waals surface area (Å²) in [5.41, 5.74) is 1.17. The van der Waals surface area contributed by atoms with Crippen molar-refractivity contribution in [3.63, 3.8) is 0 Å². The zero-order chi connectivity index (χ0) is 14.4. The number of carbonyl (C=O) groups is 2. The van der Waals surface area contributed by atoms with Gasteiger partial charge >= 0.3 is 59.1 Å². The SMILES string of the molecule is C=CC(=O)[O-].C=CC(=O)[O-].C=Cc1ccccc1.[Na+].[Na+]. The molecule has 0 saturated heterocycles. The Morgan fingerprint density at radius 2 is 1.15 bits per heavy atom. The molecule has 0 heterocycles. The molecule has 0 spiro atoms. The number of hydrogen-bond donors (Lipinski definition) is 0. The summed E-state index contributed by atoms with van der Waals surface area (Å²) in [6.45, 7) is 9.43. The molecule has 4 nitrogen and oxygen atoms in total. The van der Waals surface area contributed by atoms with E-state index in [2.05, 4.69) is 19.7 Å². The summed E-state index contributed by atoms with van der Waals surface area (Å²) in [6.07, 6.45) is 3.28. The number of hydrogen-bond acceptors (Lipinski definition) is 4. The van der Waals surface area contributed by atoms with Gasteiger partial charge in [-0.05, 0) is 17.7 Å². The van der Waals surface area contributed by atoms with Crippen molar-refractivity contribution in [3.05, 3.63) is 67.8 Å². The van der Waals surface area contributed by atoms with Crippen LogP contribution < -0.4 is 69.3 Å². The molecule has 1 aromatic rings. The molecule has 1 rings (SSSR count). The van der Waals surface area contributed by atoms with Gasteiger partial charge in [0, 0.05) is 0 Å². The fraction of sp³-hybridized carbons (Fsp3) is 0. The van der Waals surface area contributed by atoms with Crippen LogP contribution >= 0.6 is 0 Å². The number of carboxylic acid groups (broad SMARTS) is 2. The Morgan fingerprint density at radius 3 is 1.30 bits per heavy atom. The van der Waals surface area contributed by atoms with Crippen LogP contribution in [-0.4, -0.2) is 11.9 Å². The average Bonchev–Trinajstić information content (AvgIpc) is 2.41. The van der Waals surface area contributed by atoms with Crippen molar-refractivity contribution >= 4 is 18.0 Å². The van der Waals surface area contributed by atoms with E-state index in [0.717, 1.165) is 12.2 Å². The normalized spacial score (nSPS) is 6.60. The Kier molecular flexibility index (Phi) is 28.6. The van der Waals surface area contributed by atoms with Crippen molar-refractivity contribution in [2.45, 2.75) is 0 Å². The predicted octanol–water partition coefficient (Wildman–Crippen LogP) is -5.82. The van der Waals surface area contributed by atoms with Crippen LogP contribution in [0.4, 0.5) is 0 Å². The first kappa shape index (κ1) is 27.7. The average molecular weight is 292 g/mol. The van der Waals surface area contributed by atoms with Crippen LogP contribution in [0.1, 0.15) is 5.56 Å². The van der Waals surface area contributed by atoms with Crippen molar-refractivity contribution in [2.75, 3.05) is 0 Å². The van der Waals surface area contributed by atoms with Gasteiger partial charge in [-0.3, -0.25) is 0 Å². The summed E-state index contributed by atoms with van der Waals surface area (Å²) in [4.78, 5) is 18.3. The third-order valence-electron chi connectivity index (χ3n) is 1.37. The Hall–Kier alpha value is -0.620. The second-order valence-electron chi connectivity index (χ2n) is 2.66. The van der Waals surface area contributed by atoms with E-state index in [0.29, 0.717) is 0 Å². The summed E-state index contributed by atoms with van der Waals surface area (Å²) < 4.78 is 0. The molecule has 0 radical (unpaired) electrons. The van der Waals surface area contributed by atoms with Crippen LogP contribution in [0.15, 0.2) is 62.2 Å². The molecular formula is C14H14Na2O4. The van der Waals surface area contributed by atoms with Gasteiger partial charge in [0.05, 0.1) is 11.9 Å². The number of carboxylic acids is 2. The quantitative estimate of drug-likeness (QED) is 0.411. The Balaban J connectivity index is -0.0000000960. The van der Waals surface area contributed by atoms with Crippen LogP contribution in [0, 0.1) is 0 Å². The van der Waals surface area contributed by atoms with Crippen LogP contribution in [0.3, 0.4) is 0 Å². The summed E-state index contributed by atoms with van der Waals surface area (Å²) in [7, 11) is 0. The van der Waals surface area contributed by atoms with Crippen molar-refractivity contribution in [1.82, 2.24) is 0 Å². The van der Waals surface area contributed by atoms with E-state index in [1.54, 1.807) is 0 Å². The fourth-order valence-electron chi connectivity index (χ4n) is 0.589. The van der Waals surface area contributed by atoms with E-state index in [1.807, 2.05) is 36.4 Å². The van der Waals surface area contributed by atoms with Crippen LogP contribution in [-0.2, 0) is 9.59 Å². The van der Waals surface area contributed by atoms with Crippen molar-refractivity contribution in [2.24, 2.45) is 0 Å². The third kappa shape index (κ3) is 26.0. The molecule has 0 saturated carbocycles. The summed E-state index contributed by atoms with van der Waals surface area (Å²) in [6, 6.07) is 10.0. The first-order valence-corrected chi connectivity index (χ1v) is 4.82. The smallest absolute Gasteiger partial charge is 0.545 e. The van der Waals surface area contributed by atoms with Gasteiger partial charge in [0.1, 0.15) is 0 Å². The van der Waals surface area contributed by atoms with E-state index in [1.165, 1.54) is 5.56 Å². The van der Waals surface area contributed by atoms with Gasteiger partial charge < -0.3 is 19.8 Å². The second-order valence-corrected chi connectivity index (χ2v) is 2.66. The standard InChI is InChI=1S/C8H8.2C3H4O2.2Na/c1-2-8-6-4-3-5-7-8;2*1-2-3(4)5;;/h2-7H,1H2;2*2H,1H2,(H,4,5);;/q;;;2*+1/p-2. The minimum Gasteiger partial charge on any atom is -0.545 e. The zero-order valence-electron chi connectivity index (χ0n) is 11.9. The third-order valence-corrected chi connectivity index (χ3v) is 1.37. The van der Waals surface area contributed by atoms with E-state index in [9.17, 15) is 0 Å². The van der Waals surface area contributed by atoms with Crippen molar-refractivity contribution in [3.8, 4) is 0 Å². The molecule has 0 fully saturated rings. The van der Waals surface area contributed by atoms with Crippen molar-refractivity contribution < 1.29 is 78.9 Å². The van der Waals surface area contributed by atoms with Crippen molar-refractivity contribution in [1.29, 1.82) is 0 Å². The molecule has 0 aliphatic rings. The van der Waals surface area contributed by atoms with Gasteiger partial charge in [0.2, 0.25) is 0 Å². The molecule has 20 heavy (non-hydrogen) atoms. The molecule has 0 bridgehead atoms. The predicted molar refractivity (Wildman–Crippen MR) is 66.9 cm³/mol. The molecule has 6 heteroatoms. The van der Waals surface area contributed by atoms with E-state index in [4.69, 9.17) is 19.8 Å². The largest absolute Gasteiger partial charge is 1.00 e. The number of benzene rings is 1. The van der Waals surface area contributed by atoms with E-state index >= 15 is 0 Å². The number of aliphatic carboxylic acids is 2. The molecule has 1 aromatic carbocycles. The van der Waals surface area contributed by atoms with Gasteiger partial charge in [-0.25, -0.2) is 0 Å². The van der Waals surface area contributed by atoms with Gasteiger partial charge in [-0.1, -0.05) is 56.1 Å². The molecule has 0 unspecified atom stereocenters. The monoisotopic (exact) mass is 292 g/mol. The number of carbonyl (C=O) groups excluding carboxylic acids is 2. The van der Waals surface area contributed by atoms with Gasteiger partial charge in [0.25, 0.3) is 0 Å². The van der Waals surface area contributed by atoms with Gasteiger partial charge in [0.15, 0.2) is 0 Å². The molecule has 0 aromatic heterocycles. The first-order valence-electron chi connectivity index (χ1n) is 4.82. The van der Waals surface area contributed by atoms with E-state index in [-0.39, 0.29) is 59.1 Å². The maximum absolute atomic E-state index is 9.14. The molecule has 0 atom stereocenters. The van der Waals surface area contributed by atoms with Crippen LogP contribution in [0.2, 0.25) is 0 Å². The second kappa shape index (κ2) is 20.7. The van der Waals surface area contributed by atoms with Crippen LogP contribution in [0.25, 0.3) is 6.08 Å². The molecule has 0 aliphatic heterocycles. The fourth-order valence-corrected chi connectivity index (χ4v) is 0.589. The molecule has 0 N–H and O–H groups in total. The Labute approximate surface area is 163 Å². The minimum atomic E-state index is -1.23. The zero-order valence-corrected chi connectivity index (χ0v) is 15.9. The Morgan fingerprint density at radius 1 is 0.850 bits per heavy atom. The first-order chi connectivity index (χ1) is 8.47. The maximum Gasteiger partial charge on any atom is 1.00 e. The summed E-state index contributed by atoms with van der Waals surface area (Å²) >= 11 is 0. The number of rotatable bonds is 3. The molecule has 0 amide bonds. The van der Waals surface area contributed by atoms with Crippen LogP contribution in [0.5, 0.6) is 0 Å². The maximum atomic E-state index is 9.14. The summed E-state index contributed by atoms with van der Waals surface area (Å²) in [5, 5.41) is 18.3.